The zero-order chi connectivity index (χ0) is 14.8. The van der Waals surface area contributed by atoms with Crippen LogP contribution in [0.5, 0.6) is 0 Å². The molecule has 1 aliphatic rings. The van der Waals surface area contributed by atoms with Gasteiger partial charge in [0.25, 0.3) is 5.56 Å². The van der Waals surface area contributed by atoms with Crippen LogP contribution in [0.4, 0.5) is 11.4 Å². The number of nitrogen functional groups attached to an aromatic ring is 1. The molecule has 0 bridgehead atoms. The molecule has 1 saturated heterocycles. The Morgan fingerprint density at radius 3 is 2.67 bits per heavy atom. The Labute approximate surface area is 127 Å². The smallest absolute Gasteiger partial charge is 0.269 e. The number of hydrogen-bond donors (Lipinski definition) is 1. The van der Waals surface area contributed by atoms with Crippen molar-refractivity contribution in [3.63, 3.8) is 0 Å². The second kappa shape index (κ2) is 5.77. The van der Waals surface area contributed by atoms with Crippen molar-refractivity contribution in [3.8, 4) is 0 Å². The predicted octanol–water partition coefficient (Wildman–Crippen LogP) is 2.13. The maximum Gasteiger partial charge on any atom is 0.269 e. The quantitative estimate of drug-likeness (QED) is 0.882. The van der Waals surface area contributed by atoms with Crippen molar-refractivity contribution >= 4 is 23.0 Å². The first-order valence-electron chi connectivity index (χ1n) is 6.99. The number of hydrogen-bond acceptors (Lipinski definition) is 4. The lowest BCUT2D eigenvalue weighted by atomic mass is 10.2. The van der Waals surface area contributed by atoms with Crippen LogP contribution in [0.25, 0.3) is 0 Å². The zero-order valence-electron chi connectivity index (χ0n) is 11.6. The lowest BCUT2D eigenvalue weighted by Gasteiger charge is -2.17. The molecule has 110 valence electrons. The van der Waals surface area contributed by atoms with Crippen LogP contribution in [0.1, 0.15) is 18.4 Å². The van der Waals surface area contributed by atoms with Gasteiger partial charge in [-0.3, -0.25) is 4.79 Å². The van der Waals surface area contributed by atoms with Gasteiger partial charge in [-0.25, -0.2) is 4.68 Å². The Bertz CT molecular complexity index is 707. The summed E-state index contributed by atoms with van der Waals surface area (Å²) in [7, 11) is 0. The van der Waals surface area contributed by atoms with E-state index in [0.717, 1.165) is 24.3 Å². The maximum atomic E-state index is 12.2. The maximum absolute atomic E-state index is 12.2. The highest BCUT2D eigenvalue weighted by atomic mass is 35.5. The number of nitrogens with two attached hydrogens (primary N) is 1. The number of halogens is 1. The number of rotatable bonds is 3. The highest BCUT2D eigenvalue weighted by molar-refractivity contribution is 6.30. The second-order valence-electron chi connectivity index (χ2n) is 5.25. The minimum absolute atomic E-state index is 0.117. The van der Waals surface area contributed by atoms with Gasteiger partial charge in [-0.05, 0) is 30.5 Å². The van der Waals surface area contributed by atoms with E-state index in [1.807, 2.05) is 6.07 Å². The van der Waals surface area contributed by atoms with Gasteiger partial charge in [0.15, 0.2) is 0 Å². The molecule has 3 rings (SSSR count). The Morgan fingerprint density at radius 2 is 2.00 bits per heavy atom. The van der Waals surface area contributed by atoms with Gasteiger partial charge in [0, 0.05) is 29.9 Å². The Hall–Kier alpha value is -2.01. The van der Waals surface area contributed by atoms with Gasteiger partial charge >= 0.3 is 0 Å². The van der Waals surface area contributed by atoms with E-state index in [9.17, 15) is 4.79 Å². The Morgan fingerprint density at radius 1 is 1.24 bits per heavy atom. The molecule has 0 spiro atoms. The molecular formula is C15H17ClN4O. The van der Waals surface area contributed by atoms with Crippen molar-refractivity contribution < 1.29 is 0 Å². The fourth-order valence-electron chi connectivity index (χ4n) is 2.56. The fourth-order valence-corrected chi connectivity index (χ4v) is 2.74. The van der Waals surface area contributed by atoms with Crippen molar-refractivity contribution in [1.29, 1.82) is 0 Å². The average molecular weight is 305 g/mol. The summed E-state index contributed by atoms with van der Waals surface area (Å²) in [5.74, 6) is 0. The number of aromatic nitrogens is 2. The van der Waals surface area contributed by atoms with Crippen molar-refractivity contribution in [1.82, 2.24) is 9.78 Å². The van der Waals surface area contributed by atoms with Crippen molar-refractivity contribution in [3.05, 3.63) is 51.4 Å². The van der Waals surface area contributed by atoms with Gasteiger partial charge in [-0.2, -0.15) is 5.10 Å². The van der Waals surface area contributed by atoms with Crippen LogP contribution in [-0.4, -0.2) is 22.9 Å². The monoisotopic (exact) mass is 304 g/mol. The van der Waals surface area contributed by atoms with Crippen LogP contribution in [0.2, 0.25) is 5.02 Å². The summed E-state index contributed by atoms with van der Waals surface area (Å²) in [4.78, 5) is 14.4. The molecule has 2 N–H and O–H groups in total. The van der Waals surface area contributed by atoms with Crippen LogP contribution in [-0.2, 0) is 6.54 Å². The van der Waals surface area contributed by atoms with Gasteiger partial charge in [0.1, 0.15) is 0 Å². The summed E-state index contributed by atoms with van der Waals surface area (Å²) >= 11 is 5.87. The molecule has 1 aliphatic heterocycles. The first kappa shape index (κ1) is 13.9. The minimum atomic E-state index is -0.117. The SMILES string of the molecule is Nc1cc(Cl)ccc1Cn1ncc(N2CCCC2)cc1=O. The molecule has 1 aromatic carbocycles. The molecule has 1 aromatic heterocycles. The average Bonchev–Trinajstić information content (AvgIpc) is 2.98. The predicted molar refractivity (Wildman–Crippen MR) is 84.9 cm³/mol. The van der Waals surface area contributed by atoms with Crippen molar-refractivity contribution in [2.24, 2.45) is 0 Å². The first-order chi connectivity index (χ1) is 10.1. The van der Waals surface area contributed by atoms with E-state index in [-0.39, 0.29) is 5.56 Å². The van der Waals surface area contributed by atoms with Crippen LogP contribution in [0, 0.1) is 0 Å². The van der Waals surface area contributed by atoms with E-state index in [1.54, 1.807) is 24.4 Å². The summed E-state index contributed by atoms with van der Waals surface area (Å²) in [6, 6.07) is 6.90. The number of anilines is 2. The van der Waals surface area contributed by atoms with Crippen LogP contribution in [0.15, 0.2) is 35.3 Å². The second-order valence-corrected chi connectivity index (χ2v) is 5.68. The summed E-state index contributed by atoms with van der Waals surface area (Å²) in [6.07, 6.45) is 4.09. The van der Waals surface area contributed by atoms with E-state index < -0.39 is 0 Å². The van der Waals surface area contributed by atoms with Gasteiger partial charge in [-0.1, -0.05) is 17.7 Å². The highest BCUT2D eigenvalue weighted by Gasteiger charge is 2.14. The van der Waals surface area contributed by atoms with E-state index in [2.05, 4.69) is 10.00 Å². The molecule has 0 aliphatic carbocycles. The van der Waals surface area contributed by atoms with Crippen LogP contribution < -0.4 is 16.2 Å². The molecule has 5 nitrogen and oxygen atoms in total. The molecule has 2 aromatic rings. The molecule has 21 heavy (non-hydrogen) atoms. The molecule has 0 unspecified atom stereocenters. The summed E-state index contributed by atoms with van der Waals surface area (Å²) in [5.41, 5.74) is 8.10. The standard InChI is InChI=1S/C15H17ClN4O/c16-12-4-3-11(14(17)7-12)10-20-15(21)8-13(9-18-20)19-5-1-2-6-19/h3-4,7-9H,1-2,5-6,10,17H2. The highest BCUT2D eigenvalue weighted by Crippen LogP contribution is 2.19. The third kappa shape index (κ3) is 3.03. The zero-order valence-corrected chi connectivity index (χ0v) is 12.4. The molecule has 0 atom stereocenters. The van der Waals surface area contributed by atoms with Gasteiger partial charge in [-0.15, -0.1) is 0 Å². The molecule has 1 fully saturated rings. The van der Waals surface area contributed by atoms with E-state index in [4.69, 9.17) is 17.3 Å². The fraction of sp³-hybridized carbons (Fsp3) is 0.333. The minimum Gasteiger partial charge on any atom is -0.398 e. The molecule has 0 saturated carbocycles. The van der Waals surface area contributed by atoms with Gasteiger partial charge in [0.2, 0.25) is 0 Å². The number of benzene rings is 1. The molecule has 6 heteroatoms. The number of nitrogens with zero attached hydrogens (tertiary/aromatic N) is 3. The summed E-state index contributed by atoms with van der Waals surface area (Å²) in [5, 5.41) is 4.84. The first-order valence-corrected chi connectivity index (χ1v) is 7.37. The molecule has 0 amide bonds. The lowest BCUT2D eigenvalue weighted by molar-refractivity contribution is 0.638. The Balaban J connectivity index is 1.84. The summed E-state index contributed by atoms with van der Waals surface area (Å²) in [6.45, 7) is 2.34. The third-order valence-corrected chi connectivity index (χ3v) is 3.99. The van der Waals surface area contributed by atoms with E-state index in [1.165, 1.54) is 17.5 Å². The molecule has 0 radical (unpaired) electrons. The van der Waals surface area contributed by atoms with Gasteiger partial charge < -0.3 is 10.6 Å². The topological polar surface area (TPSA) is 64.2 Å². The molecular weight excluding hydrogens is 288 g/mol. The van der Waals surface area contributed by atoms with E-state index in [0.29, 0.717) is 17.3 Å². The van der Waals surface area contributed by atoms with Crippen molar-refractivity contribution in [2.75, 3.05) is 23.7 Å². The largest absolute Gasteiger partial charge is 0.398 e. The van der Waals surface area contributed by atoms with Crippen molar-refractivity contribution in [2.45, 2.75) is 19.4 Å². The normalized spacial score (nSPS) is 14.6. The van der Waals surface area contributed by atoms with Gasteiger partial charge in [0.05, 0.1) is 18.4 Å². The Kier molecular flexibility index (Phi) is 3.84. The summed E-state index contributed by atoms with van der Waals surface area (Å²) < 4.78 is 1.42. The van der Waals surface area contributed by atoms with Crippen LogP contribution in [0.3, 0.4) is 0 Å². The van der Waals surface area contributed by atoms with E-state index >= 15 is 0 Å². The molecule has 2 heterocycles. The third-order valence-electron chi connectivity index (χ3n) is 3.75. The lowest BCUT2D eigenvalue weighted by Crippen LogP contribution is -2.26. The van der Waals surface area contributed by atoms with Crippen LogP contribution >= 0.6 is 11.6 Å².